The lowest BCUT2D eigenvalue weighted by atomic mass is 9.92. The molecule has 3 aromatic rings. The van der Waals surface area contributed by atoms with Crippen molar-refractivity contribution in [2.75, 3.05) is 12.8 Å². The fraction of sp³-hybridized carbons (Fsp3) is 0.100. The molecule has 2 aromatic carbocycles. The third-order valence-electron chi connectivity index (χ3n) is 4.14. The molecule has 3 rings (SSSR count). The highest BCUT2D eigenvalue weighted by Crippen LogP contribution is 2.37. The minimum Gasteiger partial charge on any atom is -0.497 e. The van der Waals surface area contributed by atoms with Crippen molar-refractivity contribution in [3.8, 4) is 34.2 Å². The number of hydrogen-bond donors (Lipinski definition) is 1. The van der Waals surface area contributed by atoms with Crippen LogP contribution in [0.2, 0.25) is 0 Å². The van der Waals surface area contributed by atoms with E-state index in [9.17, 15) is 14.0 Å². The molecule has 0 bridgehead atoms. The van der Waals surface area contributed by atoms with E-state index in [0.29, 0.717) is 17.0 Å². The second-order valence-electron chi connectivity index (χ2n) is 5.69. The van der Waals surface area contributed by atoms with Crippen molar-refractivity contribution in [3.63, 3.8) is 0 Å². The molecule has 0 fully saturated rings. The molecule has 26 heavy (non-hydrogen) atoms. The van der Waals surface area contributed by atoms with Gasteiger partial charge in [0.1, 0.15) is 34.8 Å². The molecule has 1 aromatic heterocycles. The van der Waals surface area contributed by atoms with Gasteiger partial charge in [0.15, 0.2) is 0 Å². The maximum absolute atomic E-state index is 14.4. The summed E-state index contributed by atoms with van der Waals surface area (Å²) in [6, 6.07) is 12.1. The second kappa shape index (κ2) is 6.81. The van der Waals surface area contributed by atoms with Crippen LogP contribution < -0.4 is 10.5 Å². The third kappa shape index (κ3) is 2.95. The number of nitrogen functional groups attached to an aromatic ring is 1. The first-order chi connectivity index (χ1) is 12.5. The summed E-state index contributed by atoms with van der Waals surface area (Å²) in [5.74, 6) is -0.615. The average molecular weight is 351 g/mol. The summed E-state index contributed by atoms with van der Waals surface area (Å²) < 4.78 is 33.2. The molecular weight excluding hydrogens is 336 g/mol. The van der Waals surface area contributed by atoms with Crippen molar-refractivity contribution in [2.45, 2.75) is 6.92 Å². The van der Waals surface area contributed by atoms with Crippen LogP contribution in [0.3, 0.4) is 0 Å². The molecule has 0 aliphatic carbocycles. The fourth-order valence-electron chi connectivity index (χ4n) is 2.86. The molecule has 0 radical (unpaired) electrons. The number of rotatable bonds is 3. The van der Waals surface area contributed by atoms with E-state index >= 15 is 0 Å². The number of methoxy groups -OCH3 is 1. The number of hydrogen-bond acceptors (Lipinski definition) is 4. The molecule has 4 nitrogen and oxygen atoms in total. The van der Waals surface area contributed by atoms with Crippen LogP contribution in [-0.2, 0) is 0 Å². The van der Waals surface area contributed by atoms with Gasteiger partial charge < -0.3 is 10.5 Å². The van der Waals surface area contributed by atoms with E-state index in [0.717, 1.165) is 23.8 Å². The van der Waals surface area contributed by atoms with Crippen molar-refractivity contribution in [2.24, 2.45) is 0 Å². The van der Waals surface area contributed by atoms with Gasteiger partial charge in [-0.2, -0.15) is 5.26 Å². The normalized spacial score (nSPS) is 10.4. The van der Waals surface area contributed by atoms with Crippen LogP contribution in [0.1, 0.15) is 11.1 Å². The summed E-state index contributed by atoms with van der Waals surface area (Å²) in [7, 11) is 1.56. The lowest BCUT2D eigenvalue weighted by molar-refractivity contribution is 0.415. The summed E-state index contributed by atoms with van der Waals surface area (Å²) in [6.07, 6.45) is 0. The van der Waals surface area contributed by atoms with Crippen LogP contribution in [0.5, 0.6) is 5.75 Å². The van der Waals surface area contributed by atoms with E-state index in [4.69, 9.17) is 10.5 Å². The van der Waals surface area contributed by atoms with E-state index in [1.165, 1.54) is 0 Å². The highest BCUT2D eigenvalue weighted by atomic mass is 19.1. The minimum atomic E-state index is -0.641. The molecule has 0 unspecified atom stereocenters. The second-order valence-corrected chi connectivity index (χ2v) is 5.69. The summed E-state index contributed by atoms with van der Waals surface area (Å²) in [5.41, 5.74) is 7.92. The Morgan fingerprint density at radius 3 is 2.42 bits per heavy atom. The number of nitrogens with two attached hydrogens (primary N) is 1. The Bertz CT molecular complexity index is 1020. The van der Waals surface area contributed by atoms with Gasteiger partial charge in [-0.1, -0.05) is 0 Å². The number of aromatic nitrogens is 1. The van der Waals surface area contributed by atoms with Gasteiger partial charge in [0, 0.05) is 16.7 Å². The van der Waals surface area contributed by atoms with E-state index < -0.39 is 11.6 Å². The summed E-state index contributed by atoms with van der Waals surface area (Å²) in [4.78, 5) is 4.31. The molecule has 0 atom stereocenters. The Labute approximate surface area is 149 Å². The lowest BCUT2D eigenvalue weighted by Crippen LogP contribution is -2.04. The molecule has 0 saturated heterocycles. The zero-order valence-electron chi connectivity index (χ0n) is 14.2. The number of ether oxygens (including phenoxy) is 1. The first-order valence-electron chi connectivity index (χ1n) is 7.76. The number of nitrogens with zero attached hydrogens (tertiary/aromatic N) is 2. The van der Waals surface area contributed by atoms with E-state index in [1.54, 1.807) is 38.3 Å². The van der Waals surface area contributed by atoms with Crippen LogP contribution in [0.25, 0.3) is 22.4 Å². The zero-order valence-corrected chi connectivity index (χ0v) is 14.2. The molecule has 0 spiro atoms. The van der Waals surface area contributed by atoms with Gasteiger partial charge in [0.2, 0.25) is 0 Å². The van der Waals surface area contributed by atoms with Crippen molar-refractivity contribution < 1.29 is 13.5 Å². The van der Waals surface area contributed by atoms with Crippen LogP contribution in [0.15, 0.2) is 42.5 Å². The highest BCUT2D eigenvalue weighted by molar-refractivity contribution is 5.84. The van der Waals surface area contributed by atoms with Crippen molar-refractivity contribution >= 4 is 5.82 Å². The number of halogens is 2. The van der Waals surface area contributed by atoms with Gasteiger partial charge in [0.05, 0.1) is 12.8 Å². The van der Waals surface area contributed by atoms with E-state index in [2.05, 4.69) is 4.98 Å². The van der Waals surface area contributed by atoms with E-state index in [1.807, 2.05) is 6.07 Å². The minimum absolute atomic E-state index is 0.0178. The summed E-state index contributed by atoms with van der Waals surface area (Å²) in [6.45, 7) is 1.70. The Hall–Kier alpha value is -3.46. The first-order valence-corrected chi connectivity index (χ1v) is 7.76. The number of benzene rings is 2. The van der Waals surface area contributed by atoms with Crippen molar-refractivity contribution in [3.05, 3.63) is 65.2 Å². The fourth-order valence-corrected chi connectivity index (χ4v) is 2.86. The molecule has 0 aliphatic heterocycles. The van der Waals surface area contributed by atoms with E-state index in [-0.39, 0.29) is 22.5 Å². The molecule has 0 saturated carbocycles. The average Bonchev–Trinajstić information content (AvgIpc) is 2.65. The topological polar surface area (TPSA) is 71.9 Å². The van der Waals surface area contributed by atoms with Crippen molar-refractivity contribution in [1.82, 2.24) is 4.98 Å². The molecule has 0 aliphatic rings. The molecular formula is C20H15F2N3O. The Morgan fingerprint density at radius 1 is 1.12 bits per heavy atom. The van der Waals surface area contributed by atoms with Crippen LogP contribution in [0.4, 0.5) is 14.6 Å². The molecule has 130 valence electrons. The standard InChI is InChI=1S/C20H15F2N3O/c1-11-18(15-9-13(21)5-8-17(15)22)16(10-23)20(24)25-19(11)12-3-6-14(26-2)7-4-12/h3-9H,1-2H3,(H2,24,25). The van der Waals surface area contributed by atoms with Crippen LogP contribution >= 0.6 is 0 Å². The maximum atomic E-state index is 14.4. The zero-order chi connectivity index (χ0) is 18.8. The quantitative estimate of drug-likeness (QED) is 0.756. The maximum Gasteiger partial charge on any atom is 0.142 e. The van der Waals surface area contributed by atoms with Gasteiger partial charge in [0.25, 0.3) is 0 Å². The Morgan fingerprint density at radius 2 is 1.81 bits per heavy atom. The van der Waals surface area contributed by atoms with Gasteiger partial charge in [-0.15, -0.1) is 0 Å². The van der Waals surface area contributed by atoms with Gasteiger partial charge in [-0.25, -0.2) is 13.8 Å². The molecule has 2 N–H and O–H groups in total. The molecule has 0 amide bonds. The predicted octanol–water partition coefficient (Wildman–Crippen LogP) is 4.46. The highest BCUT2D eigenvalue weighted by Gasteiger charge is 2.21. The van der Waals surface area contributed by atoms with Gasteiger partial charge in [-0.3, -0.25) is 0 Å². The largest absolute Gasteiger partial charge is 0.497 e. The smallest absolute Gasteiger partial charge is 0.142 e. The summed E-state index contributed by atoms with van der Waals surface area (Å²) in [5, 5.41) is 9.47. The molecule has 1 heterocycles. The first kappa shape index (κ1) is 17.4. The number of pyridine rings is 1. The van der Waals surface area contributed by atoms with Gasteiger partial charge in [-0.05, 0) is 55.0 Å². The third-order valence-corrected chi connectivity index (χ3v) is 4.14. The van der Waals surface area contributed by atoms with Crippen molar-refractivity contribution in [1.29, 1.82) is 5.26 Å². The number of nitriles is 1. The predicted molar refractivity (Wildman–Crippen MR) is 95.4 cm³/mol. The Balaban J connectivity index is 2.31. The molecule has 6 heteroatoms. The Kier molecular flexibility index (Phi) is 4.55. The summed E-state index contributed by atoms with van der Waals surface area (Å²) >= 11 is 0. The van der Waals surface area contributed by atoms with Crippen LogP contribution in [0, 0.1) is 29.9 Å². The number of anilines is 1. The van der Waals surface area contributed by atoms with Gasteiger partial charge >= 0.3 is 0 Å². The monoisotopic (exact) mass is 351 g/mol. The SMILES string of the molecule is COc1ccc(-c2nc(N)c(C#N)c(-c3cc(F)ccc3F)c2C)cc1. The lowest BCUT2D eigenvalue weighted by Gasteiger charge is -2.16. The van der Waals surface area contributed by atoms with Crippen LogP contribution in [-0.4, -0.2) is 12.1 Å².